The Labute approximate surface area is 150 Å². The number of aromatic nitrogens is 3. The number of rotatable bonds is 3. The van der Waals surface area contributed by atoms with Crippen molar-refractivity contribution in [2.75, 3.05) is 5.32 Å². The Morgan fingerprint density at radius 2 is 2.08 bits per heavy atom. The van der Waals surface area contributed by atoms with Crippen LogP contribution in [0.5, 0.6) is 0 Å². The van der Waals surface area contributed by atoms with E-state index in [1.807, 2.05) is 18.2 Å². The number of benzene rings is 1. The van der Waals surface area contributed by atoms with Crippen LogP contribution in [0.4, 0.5) is 5.69 Å². The van der Waals surface area contributed by atoms with Gasteiger partial charge in [0.2, 0.25) is 0 Å². The lowest BCUT2D eigenvalue weighted by molar-refractivity contribution is 0.103. The first kappa shape index (κ1) is 15.7. The summed E-state index contributed by atoms with van der Waals surface area (Å²) in [5.41, 5.74) is 2.81. The third-order valence-corrected chi connectivity index (χ3v) is 5.59. The van der Waals surface area contributed by atoms with Gasteiger partial charge in [-0.1, -0.05) is 17.4 Å². The van der Waals surface area contributed by atoms with Gasteiger partial charge in [0.25, 0.3) is 5.91 Å². The lowest BCUT2D eigenvalue weighted by Gasteiger charge is -2.03. The van der Waals surface area contributed by atoms with Crippen LogP contribution in [0.2, 0.25) is 0 Å². The molecule has 2 N–H and O–H groups in total. The molecule has 3 aromatic heterocycles. The van der Waals surface area contributed by atoms with Crippen molar-refractivity contribution in [2.45, 2.75) is 6.92 Å². The molecule has 0 bridgehead atoms. The van der Waals surface area contributed by atoms with Gasteiger partial charge in [-0.25, -0.2) is 4.98 Å². The van der Waals surface area contributed by atoms with E-state index in [9.17, 15) is 9.59 Å². The third-order valence-electron chi connectivity index (χ3n) is 3.57. The monoisotopic (exact) mass is 368 g/mol. The minimum absolute atomic E-state index is 0.114. The molecule has 8 heteroatoms. The fourth-order valence-electron chi connectivity index (χ4n) is 2.42. The van der Waals surface area contributed by atoms with Crippen LogP contribution in [0.3, 0.4) is 0 Å². The van der Waals surface area contributed by atoms with Crippen LogP contribution in [-0.2, 0) is 0 Å². The van der Waals surface area contributed by atoms with E-state index in [0.29, 0.717) is 21.3 Å². The molecule has 0 saturated heterocycles. The molecule has 1 amide bonds. The van der Waals surface area contributed by atoms with Crippen molar-refractivity contribution in [1.82, 2.24) is 15.0 Å². The van der Waals surface area contributed by atoms with Gasteiger partial charge in [-0.15, -0.1) is 11.3 Å². The zero-order valence-corrected chi connectivity index (χ0v) is 14.7. The smallest absolute Gasteiger partial charge is 0.305 e. The van der Waals surface area contributed by atoms with Gasteiger partial charge in [-0.3, -0.25) is 14.6 Å². The van der Waals surface area contributed by atoms with Crippen LogP contribution in [0.15, 0.2) is 47.4 Å². The average Bonchev–Trinajstić information content (AvgIpc) is 3.17. The zero-order chi connectivity index (χ0) is 17.4. The van der Waals surface area contributed by atoms with Crippen LogP contribution in [0.25, 0.3) is 20.9 Å². The Morgan fingerprint density at radius 1 is 1.20 bits per heavy atom. The van der Waals surface area contributed by atoms with Gasteiger partial charge in [-0.2, -0.15) is 0 Å². The molecular weight excluding hydrogens is 356 g/mol. The van der Waals surface area contributed by atoms with Crippen molar-refractivity contribution >= 4 is 44.5 Å². The van der Waals surface area contributed by atoms with Crippen molar-refractivity contribution in [3.8, 4) is 10.7 Å². The van der Waals surface area contributed by atoms with Gasteiger partial charge < -0.3 is 10.3 Å². The van der Waals surface area contributed by atoms with Gasteiger partial charge in [0, 0.05) is 11.9 Å². The van der Waals surface area contributed by atoms with Crippen molar-refractivity contribution < 1.29 is 4.79 Å². The van der Waals surface area contributed by atoms with Gasteiger partial charge in [0.1, 0.15) is 9.88 Å². The molecule has 4 rings (SSSR count). The lowest BCUT2D eigenvalue weighted by Crippen LogP contribution is -2.11. The number of aromatic amines is 1. The van der Waals surface area contributed by atoms with E-state index in [0.717, 1.165) is 27.2 Å². The molecule has 0 aliphatic carbocycles. The number of thiazole rings is 2. The highest BCUT2D eigenvalue weighted by molar-refractivity contribution is 7.17. The second kappa shape index (κ2) is 6.23. The highest BCUT2D eigenvalue weighted by Crippen LogP contribution is 2.27. The number of aryl methyl sites for hydroxylation is 1. The predicted octanol–water partition coefficient (Wildman–Crippen LogP) is 3.67. The maximum Gasteiger partial charge on any atom is 0.305 e. The van der Waals surface area contributed by atoms with Crippen molar-refractivity contribution in [3.05, 3.63) is 62.8 Å². The molecule has 124 valence electrons. The predicted molar refractivity (Wildman–Crippen MR) is 100 cm³/mol. The minimum atomic E-state index is -0.223. The summed E-state index contributed by atoms with van der Waals surface area (Å²) < 4.78 is 0.804. The van der Waals surface area contributed by atoms with Crippen LogP contribution in [-0.4, -0.2) is 20.9 Å². The average molecular weight is 368 g/mol. The van der Waals surface area contributed by atoms with E-state index in [2.05, 4.69) is 20.3 Å². The molecule has 25 heavy (non-hydrogen) atoms. The molecule has 0 spiro atoms. The van der Waals surface area contributed by atoms with Gasteiger partial charge in [0.15, 0.2) is 0 Å². The third kappa shape index (κ3) is 3.09. The van der Waals surface area contributed by atoms with E-state index in [-0.39, 0.29) is 10.8 Å². The van der Waals surface area contributed by atoms with Crippen molar-refractivity contribution in [1.29, 1.82) is 0 Å². The highest BCUT2D eigenvalue weighted by atomic mass is 32.1. The summed E-state index contributed by atoms with van der Waals surface area (Å²) in [6.07, 6.45) is 1.70. The summed E-state index contributed by atoms with van der Waals surface area (Å²) in [5, 5.41) is 3.58. The maximum absolute atomic E-state index is 12.6. The van der Waals surface area contributed by atoms with Crippen molar-refractivity contribution in [2.24, 2.45) is 0 Å². The normalized spacial score (nSPS) is 10.9. The molecule has 0 saturated carbocycles. The van der Waals surface area contributed by atoms with E-state index in [1.54, 1.807) is 31.3 Å². The van der Waals surface area contributed by atoms with Gasteiger partial charge in [-0.05, 0) is 37.3 Å². The topological polar surface area (TPSA) is 87.7 Å². The van der Waals surface area contributed by atoms with E-state index < -0.39 is 0 Å². The number of carbonyl (C=O) groups excluding carboxylic acids is 1. The number of anilines is 1. The number of pyridine rings is 1. The number of hydrogen-bond donors (Lipinski definition) is 2. The molecule has 0 aliphatic heterocycles. The summed E-state index contributed by atoms with van der Waals surface area (Å²) in [7, 11) is 0. The Bertz CT molecular complexity index is 1130. The first-order valence-corrected chi connectivity index (χ1v) is 9.06. The number of fused-ring (bicyclic) bond motifs is 1. The fraction of sp³-hybridized carbons (Fsp3) is 0.0588. The number of amides is 1. The SMILES string of the molecule is Cc1nc(-c2ccccn2)sc1C(=O)Nc1ccc2[nH]c(=O)sc2c1. The first-order chi connectivity index (χ1) is 12.1. The second-order valence-electron chi connectivity index (χ2n) is 5.33. The Morgan fingerprint density at radius 3 is 2.88 bits per heavy atom. The van der Waals surface area contributed by atoms with E-state index in [1.165, 1.54) is 11.3 Å². The quantitative estimate of drug-likeness (QED) is 0.577. The van der Waals surface area contributed by atoms with Gasteiger partial charge >= 0.3 is 4.87 Å². The molecule has 1 aromatic carbocycles. The largest absolute Gasteiger partial charge is 0.321 e. The fourth-order valence-corrected chi connectivity index (χ4v) is 4.13. The molecule has 6 nitrogen and oxygen atoms in total. The Kier molecular flexibility index (Phi) is 3.90. The molecule has 4 aromatic rings. The Balaban J connectivity index is 1.62. The number of nitrogens with zero attached hydrogens (tertiary/aromatic N) is 2. The first-order valence-electron chi connectivity index (χ1n) is 7.43. The summed E-state index contributed by atoms with van der Waals surface area (Å²) >= 11 is 2.42. The van der Waals surface area contributed by atoms with Crippen LogP contribution < -0.4 is 10.2 Å². The van der Waals surface area contributed by atoms with Crippen molar-refractivity contribution in [3.63, 3.8) is 0 Å². The highest BCUT2D eigenvalue weighted by Gasteiger charge is 2.17. The summed E-state index contributed by atoms with van der Waals surface area (Å²) in [4.78, 5) is 35.9. The molecule has 0 atom stereocenters. The standard InChI is InChI=1S/C17H12N4O2S2/c1-9-14(25-16(19-9)12-4-2-3-7-18-12)15(22)20-10-5-6-11-13(8-10)24-17(23)21-11/h2-8H,1H3,(H,20,22)(H,21,23). The number of hydrogen-bond acceptors (Lipinski definition) is 6. The molecule has 0 fully saturated rings. The summed E-state index contributed by atoms with van der Waals surface area (Å²) in [6, 6.07) is 10.9. The summed E-state index contributed by atoms with van der Waals surface area (Å²) in [5.74, 6) is -0.223. The molecular formula is C17H12N4O2S2. The molecule has 0 radical (unpaired) electrons. The zero-order valence-electron chi connectivity index (χ0n) is 13.1. The number of nitrogens with one attached hydrogen (secondary N) is 2. The molecule has 0 aliphatic rings. The van der Waals surface area contributed by atoms with E-state index >= 15 is 0 Å². The lowest BCUT2D eigenvalue weighted by atomic mass is 10.3. The maximum atomic E-state index is 12.6. The summed E-state index contributed by atoms with van der Waals surface area (Å²) in [6.45, 7) is 1.80. The molecule has 3 heterocycles. The minimum Gasteiger partial charge on any atom is -0.321 e. The molecule has 0 unspecified atom stereocenters. The van der Waals surface area contributed by atoms with Crippen LogP contribution in [0.1, 0.15) is 15.4 Å². The second-order valence-corrected chi connectivity index (χ2v) is 7.34. The number of carbonyl (C=O) groups is 1. The van der Waals surface area contributed by atoms with E-state index in [4.69, 9.17) is 0 Å². The number of H-pyrrole nitrogens is 1. The van der Waals surface area contributed by atoms with Crippen LogP contribution in [0, 0.1) is 6.92 Å². The Hall–Kier alpha value is -2.84. The van der Waals surface area contributed by atoms with Crippen LogP contribution >= 0.6 is 22.7 Å². The van der Waals surface area contributed by atoms with Gasteiger partial charge in [0.05, 0.1) is 21.6 Å².